The third-order valence-corrected chi connectivity index (χ3v) is 4.45. The van der Waals surface area contributed by atoms with Crippen molar-refractivity contribution in [2.24, 2.45) is 0 Å². The van der Waals surface area contributed by atoms with E-state index in [9.17, 15) is 4.79 Å². The number of aromatic nitrogens is 1. The van der Waals surface area contributed by atoms with Gasteiger partial charge in [0.25, 0.3) is 5.91 Å². The Morgan fingerprint density at radius 2 is 1.89 bits per heavy atom. The molecule has 2 aromatic carbocycles. The zero-order chi connectivity index (χ0) is 18.9. The summed E-state index contributed by atoms with van der Waals surface area (Å²) in [5, 5.41) is 2.99. The van der Waals surface area contributed by atoms with E-state index in [0.717, 1.165) is 21.8 Å². The van der Waals surface area contributed by atoms with Crippen molar-refractivity contribution >= 4 is 23.3 Å². The molecule has 0 aliphatic rings. The first-order valence-corrected chi connectivity index (χ1v) is 9.35. The molecule has 0 spiro atoms. The molecule has 3 rings (SSSR count). The van der Waals surface area contributed by atoms with E-state index in [4.69, 9.17) is 9.57 Å². The minimum absolute atomic E-state index is 0.313. The third kappa shape index (κ3) is 6.06. The van der Waals surface area contributed by atoms with Crippen molar-refractivity contribution in [3.8, 4) is 5.75 Å². The van der Waals surface area contributed by atoms with E-state index < -0.39 is 0 Å². The van der Waals surface area contributed by atoms with Crippen LogP contribution in [0.15, 0.2) is 66.1 Å². The molecule has 1 aromatic heterocycles. The van der Waals surface area contributed by atoms with Crippen LogP contribution in [-0.2, 0) is 22.8 Å². The van der Waals surface area contributed by atoms with Gasteiger partial charge >= 0.3 is 0 Å². The number of nitrogens with one attached hydrogen (secondary N) is 1. The number of aryl methyl sites for hydroxylation is 1. The number of ether oxygens (including phenoxy) is 1. The monoisotopic (exact) mass is 380 g/mol. The summed E-state index contributed by atoms with van der Waals surface area (Å²) in [6.07, 6.45) is 3.11. The molecular formula is C21H20N2O3S. The van der Waals surface area contributed by atoms with E-state index in [1.807, 2.05) is 66.9 Å². The number of rotatable bonds is 8. The fourth-order valence-electron chi connectivity index (χ4n) is 2.34. The van der Waals surface area contributed by atoms with Crippen LogP contribution in [0, 0.1) is 6.92 Å². The summed E-state index contributed by atoms with van der Waals surface area (Å²) in [6.45, 7) is 2.66. The Hall–Kier alpha value is -2.96. The van der Waals surface area contributed by atoms with Crippen LogP contribution in [0.4, 0.5) is 0 Å². The molecule has 5 nitrogen and oxygen atoms in total. The van der Waals surface area contributed by atoms with E-state index in [1.165, 1.54) is 6.08 Å². The van der Waals surface area contributed by atoms with Crippen molar-refractivity contribution < 1.29 is 14.4 Å². The zero-order valence-corrected chi connectivity index (χ0v) is 15.7. The molecule has 1 amide bonds. The quantitative estimate of drug-likeness (QED) is 0.468. The Balaban J connectivity index is 1.52. The molecule has 0 atom stereocenters. The van der Waals surface area contributed by atoms with E-state index in [2.05, 4.69) is 10.5 Å². The van der Waals surface area contributed by atoms with Gasteiger partial charge in [-0.1, -0.05) is 48.5 Å². The fraction of sp³-hybridized carbons (Fsp3) is 0.143. The van der Waals surface area contributed by atoms with Gasteiger partial charge in [-0.2, -0.15) is 0 Å². The first-order valence-electron chi connectivity index (χ1n) is 8.47. The van der Waals surface area contributed by atoms with Gasteiger partial charge < -0.3 is 4.74 Å². The Kier molecular flexibility index (Phi) is 6.73. The van der Waals surface area contributed by atoms with Crippen molar-refractivity contribution in [1.29, 1.82) is 0 Å². The highest BCUT2D eigenvalue weighted by atomic mass is 32.1. The molecule has 0 bridgehead atoms. The predicted molar refractivity (Wildman–Crippen MR) is 106 cm³/mol. The van der Waals surface area contributed by atoms with Crippen molar-refractivity contribution in [2.75, 3.05) is 0 Å². The van der Waals surface area contributed by atoms with Crippen LogP contribution in [0.25, 0.3) is 6.08 Å². The van der Waals surface area contributed by atoms with E-state index in [-0.39, 0.29) is 5.91 Å². The molecule has 0 saturated carbocycles. The number of para-hydroxylation sites is 1. The van der Waals surface area contributed by atoms with Crippen LogP contribution < -0.4 is 10.2 Å². The minimum atomic E-state index is -0.337. The first-order chi connectivity index (χ1) is 13.2. The molecule has 0 unspecified atom stereocenters. The minimum Gasteiger partial charge on any atom is -0.487 e. The SMILES string of the molecule is Cc1nc(COc2ccccc2/C=C/C(=O)NOCc2ccccc2)cs1. The highest BCUT2D eigenvalue weighted by Crippen LogP contribution is 2.21. The fourth-order valence-corrected chi connectivity index (χ4v) is 2.94. The number of carbonyl (C=O) groups is 1. The average Bonchev–Trinajstić information content (AvgIpc) is 3.11. The summed E-state index contributed by atoms with van der Waals surface area (Å²) >= 11 is 1.59. The van der Waals surface area contributed by atoms with Crippen LogP contribution in [0.1, 0.15) is 21.8 Å². The van der Waals surface area contributed by atoms with Crippen LogP contribution >= 0.6 is 11.3 Å². The number of thiazole rings is 1. The number of benzene rings is 2. The lowest BCUT2D eigenvalue weighted by Crippen LogP contribution is -2.21. The molecule has 0 radical (unpaired) electrons. The zero-order valence-electron chi connectivity index (χ0n) is 14.9. The summed E-state index contributed by atoms with van der Waals surface area (Å²) in [5.74, 6) is 0.355. The van der Waals surface area contributed by atoms with Crippen molar-refractivity contribution in [1.82, 2.24) is 10.5 Å². The standard InChI is InChI=1S/C21H20N2O3S/c1-16-22-19(15-27-16)14-25-20-10-6-5-9-18(20)11-12-21(24)23-26-13-17-7-3-2-4-8-17/h2-12,15H,13-14H2,1H3,(H,23,24)/b12-11+. The second-order valence-corrected chi connectivity index (χ2v) is 6.82. The lowest BCUT2D eigenvalue weighted by atomic mass is 10.2. The lowest BCUT2D eigenvalue weighted by molar-refractivity contribution is -0.129. The highest BCUT2D eigenvalue weighted by molar-refractivity contribution is 7.09. The van der Waals surface area contributed by atoms with Gasteiger partial charge in [-0.3, -0.25) is 9.63 Å². The van der Waals surface area contributed by atoms with Crippen LogP contribution in [0.5, 0.6) is 5.75 Å². The molecular weight excluding hydrogens is 360 g/mol. The Labute approximate surface area is 162 Å². The maximum absolute atomic E-state index is 11.9. The number of nitrogens with zero attached hydrogens (tertiary/aromatic N) is 1. The van der Waals surface area contributed by atoms with Crippen LogP contribution in [0.3, 0.4) is 0 Å². The van der Waals surface area contributed by atoms with Gasteiger partial charge in [-0.05, 0) is 24.6 Å². The van der Waals surface area contributed by atoms with Gasteiger partial charge in [0.05, 0.1) is 17.3 Å². The molecule has 0 fully saturated rings. The Bertz CT molecular complexity index is 907. The molecule has 1 N–H and O–H groups in total. The first kappa shape index (κ1) is 18.8. The summed E-state index contributed by atoms with van der Waals surface area (Å²) in [6, 6.07) is 17.2. The van der Waals surface area contributed by atoms with Crippen molar-refractivity contribution in [3.05, 3.63) is 87.9 Å². The topological polar surface area (TPSA) is 60.5 Å². The van der Waals surface area contributed by atoms with Gasteiger partial charge in [0.15, 0.2) is 0 Å². The molecule has 27 heavy (non-hydrogen) atoms. The lowest BCUT2D eigenvalue weighted by Gasteiger charge is -2.08. The summed E-state index contributed by atoms with van der Waals surface area (Å²) in [5.41, 5.74) is 5.09. The second kappa shape index (κ2) is 9.66. The Morgan fingerprint density at radius 1 is 1.11 bits per heavy atom. The third-order valence-electron chi connectivity index (χ3n) is 3.63. The molecule has 3 aromatic rings. The number of carbonyl (C=O) groups excluding carboxylic acids is 1. The highest BCUT2D eigenvalue weighted by Gasteiger charge is 2.04. The van der Waals surface area contributed by atoms with Gasteiger partial charge in [-0.15, -0.1) is 11.3 Å². The molecule has 138 valence electrons. The largest absolute Gasteiger partial charge is 0.487 e. The maximum atomic E-state index is 11.9. The summed E-state index contributed by atoms with van der Waals surface area (Å²) in [4.78, 5) is 21.5. The summed E-state index contributed by atoms with van der Waals surface area (Å²) in [7, 11) is 0. The van der Waals surface area contributed by atoms with Gasteiger partial charge in [0, 0.05) is 17.0 Å². The van der Waals surface area contributed by atoms with E-state index in [0.29, 0.717) is 19.0 Å². The van der Waals surface area contributed by atoms with Crippen LogP contribution in [-0.4, -0.2) is 10.9 Å². The van der Waals surface area contributed by atoms with Gasteiger partial charge in [0.2, 0.25) is 0 Å². The van der Waals surface area contributed by atoms with E-state index in [1.54, 1.807) is 17.4 Å². The second-order valence-electron chi connectivity index (χ2n) is 5.76. The van der Waals surface area contributed by atoms with E-state index >= 15 is 0 Å². The molecule has 0 aliphatic heterocycles. The predicted octanol–water partition coefficient (Wildman–Crippen LogP) is 4.29. The van der Waals surface area contributed by atoms with Gasteiger partial charge in [-0.25, -0.2) is 10.5 Å². The Morgan fingerprint density at radius 3 is 2.67 bits per heavy atom. The van der Waals surface area contributed by atoms with Crippen molar-refractivity contribution in [2.45, 2.75) is 20.1 Å². The molecule has 1 heterocycles. The molecule has 6 heteroatoms. The summed E-state index contributed by atoms with van der Waals surface area (Å²) < 4.78 is 5.84. The number of hydrogen-bond acceptors (Lipinski definition) is 5. The molecule has 0 aliphatic carbocycles. The van der Waals surface area contributed by atoms with Crippen LogP contribution in [0.2, 0.25) is 0 Å². The normalized spacial score (nSPS) is 10.9. The smallest absolute Gasteiger partial charge is 0.267 e. The average molecular weight is 380 g/mol. The number of hydrogen-bond donors (Lipinski definition) is 1. The number of hydroxylamine groups is 1. The maximum Gasteiger partial charge on any atom is 0.267 e. The van der Waals surface area contributed by atoms with Gasteiger partial charge in [0.1, 0.15) is 12.4 Å². The van der Waals surface area contributed by atoms with Crippen molar-refractivity contribution in [3.63, 3.8) is 0 Å². The molecule has 0 saturated heterocycles. The number of amides is 1.